The van der Waals surface area contributed by atoms with Crippen molar-refractivity contribution in [2.75, 3.05) is 33.1 Å². The molecule has 3 N–H and O–H groups in total. The van der Waals surface area contributed by atoms with E-state index in [1.807, 2.05) is 0 Å². The lowest BCUT2D eigenvalue weighted by atomic mass is 9.78. The van der Waals surface area contributed by atoms with E-state index in [1.54, 1.807) is 6.92 Å². The fourth-order valence-corrected chi connectivity index (χ4v) is 4.39. The number of ether oxygens (including phenoxy) is 1. The molecular formula is C22H26F4N4O7. The van der Waals surface area contributed by atoms with Gasteiger partial charge >= 0.3 is 24.1 Å². The minimum atomic E-state index is -5.08. The van der Waals surface area contributed by atoms with Gasteiger partial charge in [0.2, 0.25) is 11.8 Å². The second kappa shape index (κ2) is 11.1. The van der Waals surface area contributed by atoms with Gasteiger partial charge in [0.25, 0.3) is 0 Å². The van der Waals surface area contributed by atoms with Gasteiger partial charge in [0.15, 0.2) is 0 Å². The van der Waals surface area contributed by atoms with E-state index in [9.17, 15) is 36.7 Å². The highest BCUT2D eigenvalue weighted by molar-refractivity contribution is 6.09. The van der Waals surface area contributed by atoms with Crippen LogP contribution >= 0.6 is 0 Å². The molecule has 3 rings (SSSR count). The highest BCUT2D eigenvalue weighted by Crippen LogP contribution is 2.44. The maximum Gasteiger partial charge on any atom is 0.490 e. The van der Waals surface area contributed by atoms with Gasteiger partial charge in [0.05, 0.1) is 18.9 Å². The van der Waals surface area contributed by atoms with Gasteiger partial charge in [-0.1, -0.05) is 6.92 Å². The minimum Gasteiger partial charge on any atom is -0.475 e. The summed E-state index contributed by atoms with van der Waals surface area (Å²) in [5, 5.41) is 12.9. The topological polar surface area (TPSA) is 145 Å². The predicted molar refractivity (Wildman–Crippen MR) is 118 cm³/mol. The molecule has 2 aliphatic heterocycles. The number of hydrogen-bond acceptors (Lipinski definition) is 7. The Hall–Kier alpha value is -3.75. The van der Waals surface area contributed by atoms with E-state index in [-0.39, 0.29) is 13.0 Å². The monoisotopic (exact) mass is 534 g/mol. The number of benzene rings is 1. The Balaban J connectivity index is 0.000000604. The zero-order chi connectivity index (χ0) is 28.3. The third kappa shape index (κ3) is 5.98. The Labute approximate surface area is 208 Å². The number of nitrogens with one attached hydrogen (secondary N) is 2. The first-order valence-electron chi connectivity index (χ1n) is 10.9. The molecule has 37 heavy (non-hydrogen) atoms. The summed E-state index contributed by atoms with van der Waals surface area (Å²) in [5.41, 5.74) is -0.926. The van der Waals surface area contributed by atoms with Gasteiger partial charge in [-0.25, -0.2) is 14.0 Å². The van der Waals surface area contributed by atoms with E-state index in [0.29, 0.717) is 5.69 Å². The van der Waals surface area contributed by atoms with Gasteiger partial charge < -0.3 is 20.1 Å². The molecule has 0 saturated carbocycles. The van der Waals surface area contributed by atoms with Crippen molar-refractivity contribution in [3.8, 4) is 0 Å². The molecule has 4 amide bonds. The van der Waals surface area contributed by atoms with Crippen molar-refractivity contribution in [3.63, 3.8) is 0 Å². The lowest BCUT2D eigenvalue weighted by molar-refractivity contribution is -0.192. The molecule has 1 aromatic carbocycles. The largest absolute Gasteiger partial charge is 0.490 e. The third-order valence-corrected chi connectivity index (χ3v) is 6.24. The zero-order valence-electron chi connectivity index (χ0n) is 20.3. The molecule has 0 spiro atoms. The van der Waals surface area contributed by atoms with Gasteiger partial charge in [-0.2, -0.15) is 13.2 Å². The number of anilines is 1. The number of amides is 4. The number of carbonyl (C=O) groups excluding carboxylic acids is 4. The third-order valence-electron chi connectivity index (χ3n) is 6.24. The van der Waals surface area contributed by atoms with Crippen molar-refractivity contribution in [3.05, 3.63) is 30.1 Å². The summed E-state index contributed by atoms with van der Waals surface area (Å²) in [5.74, 6) is -6.31. The van der Waals surface area contributed by atoms with E-state index < -0.39 is 65.2 Å². The first-order chi connectivity index (χ1) is 17.1. The highest BCUT2D eigenvalue weighted by Gasteiger charge is 2.67. The smallest absolute Gasteiger partial charge is 0.475 e. The number of esters is 1. The molecule has 0 unspecified atom stereocenters. The van der Waals surface area contributed by atoms with E-state index in [4.69, 9.17) is 14.6 Å². The lowest BCUT2D eigenvalue weighted by Crippen LogP contribution is -2.58. The van der Waals surface area contributed by atoms with Crippen LogP contribution in [0.15, 0.2) is 24.3 Å². The quantitative estimate of drug-likeness (QED) is 0.292. The fourth-order valence-electron chi connectivity index (χ4n) is 4.39. The first-order valence-corrected chi connectivity index (χ1v) is 10.9. The molecule has 2 aliphatic rings. The number of carbonyl (C=O) groups is 5. The minimum absolute atomic E-state index is 0.0692. The number of aliphatic carboxylic acids is 1. The summed E-state index contributed by atoms with van der Waals surface area (Å²) in [7, 11) is 4.16. The summed E-state index contributed by atoms with van der Waals surface area (Å²) in [6.07, 6.45) is -4.84. The molecule has 0 bridgehead atoms. The summed E-state index contributed by atoms with van der Waals surface area (Å²) < 4.78 is 49.7. The number of carboxylic acid groups (broad SMARTS) is 1. The Morgan fingerprint density at radius 3 is 2.19 bits per heavy atom. The molecule has 2 saturated heterocycles. The van der Waals surface area contributed by atoms with Crippen LogP contribution in [-0.4, -0.2) is 90.2 Å². The number of hydrogen-bond donors (Lipinski definition) is 3. The van der Waals surface area contributed by atoms with Crippen molar-refractivity contribution in [2.45, 2.75) is 31.1 Å². The number of carboxylic acids is 1. The molecule has 11 nitrogen and oxygen atoms in total. The van der Waals surface area contributed by atoms with Gasteiger partial charge in [-0.05, 0) is 30.7 Å². The zero-order valence-corrected chi connectivity index (χ0v) is 20.3. The van der Waals surface area contributed by atoms with Gasteiger partial charge in [0.1, 0.15) is 11.4 Å². The second-order valence-corrected chi connectivity index (χ2v) is 8.43. The average Bonchev–Trinajstić information content (AvgIpc) is 3.28. The van der Waals surface area contributed by atoms with Gasteiger partial charge in [-0.15, -0.1) is 0 Å². The molecule has 2 fully saturated rings. The van der Waals surface area contributed by atoms with Crippen molar-refractivity contribution in [1.29, 1.82) is 0 Å². The Morgan fingerprint density at radius 2 is 1.73 bits per heavy atom. The van der Waals surface area contributed by atoms with Gasteiger partial charge in [0, 0.05) is 32.4 Å². The average molecular weight is 534 g/mol. The summed E-state index contributed by atoms with van der Waals surface area (Å²) in [4.78, 5) is 62.0. The normalized spacial score (nSPS) is 24.6. The van der Waals surface area contributed by atoms with E-state index >= 15 is 0 Å². The first kappa shape index (κ1) is 29.5. The summed E-state index contributed by atoms with van der Waals surface area (Å²) in [6, 6.07) is 4.21. The Bertz CT molecular complexity index is 1070. The van der Waals surface area contributed by atoms with Crippen molar-refractivity contribution < 1.29 is 51.4 Å². The van der Waals surface area contributed by atoms with Crippen LogP contribution in [0.2, 0.25) is 0 Å². The van der Waals surface area contributed by atoms with Crippen LogP contribution in [0.1, 0.15) is 13.3 Å². The standard InChI is InChI=1S/C20H25FN4O5.C2HF3O2/c1-5-20(18(28)30-4)15-14(16(26)25(3)17(15)27)13(23-20)10-24(2)19(29)22-12-8-6-11(21)7-9-12;3-2(4,5)1(6)7/h6-9,13-15,23H,5,10H2,1-4H3,(H,22,29);(H,6,7)/t13-,14+,15-,20-;/m1./s1. The molecule has 0 radical (unpaired) electrons. The predicted octanol–water partition coefficient (Wildman–Crippen LogP) is 1.45. The molecule has 15 heteroatoms. The van der Waals surface area contributed by atoms with Crippen molar-refractivity contribution in [1.82, 2.24) is 15.1 Å². The van der Waals surface area contributed by atoms with E-state index in [1.165, 1.54) is 50.4 Å². The Morgan fingerprint density at radius 1 is 1.19 bits per heavy atom. The summed E-state index contributed by atoms with van der Waals surface area (Å²) >= 11 is 0. The number of likely N-dealkylation sites (N-methyl/N-ethyl adjacent to an activating group) is 1. The molecule has 0 aliphatic carbocycles. The number of alkyl halides is 3. The van der Waals surface area contributed by atoms with Crippen LogP contribution in [0.4, 0.5) is 28.0 Å². The van der Waals surface area contributed by atoms with Crippen molar-refractivity contribution in [2.24, 2.45) is 11.8 Å². The van der Waals surface area contributed by atoms with Crippen LogP contribution in [-0.2, 0) is 23.9 Å². The van der Waals surface area contributed by atoms with Crippen LogP contribution in [0.3, 0.4) is 0 Å². The number of fused-ring (bicyclic) bond motifs is 1. The second-order valence-electron chi connectivity index (χ2n) is 8.43. The number of rotatable bonds is 5. The number of urea groups is 1. The number of nitrogens with zero attached hydrogens (tertiary/aromatic N) is 2. The van der Waals surface area contributed by atoms with Gasteiger partial charge in [-0.3, -0.25) is 24.6 Å². The molecule has 1 aromatic rings. The van der Waals surface area contributed by atoms with Crippen LogP contribution in [0, 0.1) is 17.7 Å². The van der Waals surface area contributed by atoms with E-state index in [2.05, 4.69) is 10.6 Å². The molecule has 0 aromatic heterocycles. The highest BCUT2D eigenvalue weighted by atomic mass is 19.4. The molecular weight excluding hydrogens is 508 g/mol. The molecule has 204 valence electrons. The summed E-state index contributed by atoms with van der Waals surface area (Å²) in [6.45, 7) is 1.81. The number of halogens is 4. The number of methoxy groups -OCH3 is 1. The fraction of sp³-hybridized carbons (Fsp3) is 0.500. The van der Waals surface area contributed by atoms with E-state index in [0.717, 1.165) is 4.90 Å². The van der Waals surface area contributed by atoms with Crippen molar-refractivity contribution >= 4 is 35.5 Å². The SMILES string of the molecule is CC[C@@]1(C(=O)OC)N[C@H](CN(C)C(=O)Nc2ccc(F)cc2)[C@@H]2C(=O)N(C)C(=O)[C@@H]21.O=C(O)C(F)(F)F. The lowest BCUT2D eigenvalue weighted by Gasteiger charge is -2.31. The van der Waals surface area contributed by atoms with Crippen LogP contribution in [0.5, 0.6) is 0 Å². The molecule has 2 heterocycles. The number of imide groups is 1. The van der Waals surface area contributed by atoms with Crippen LogP contribution in [0.25, 0.3) is 0 Å². The number of likely N-dealkylation sites (tertiary alicyclic amines) is 1. The maximum absolute atomic E-state index is 13.0. The Kier molecular flexibility index (Phi) is 8.85. The molecule has 4 atom stereocenters. The van der Waals surface area contributed by atoms with Crippen LogP contribution < -0.4 is 10.6 Å². The maximum atomic E-state index is 13.0.